The van der Waals surface area contributed by atoms with E-state index in [1.807, 2.05) is 0 Å². The van der Waals surface area contributed by atoms with Gasteiger partial charge in [0.2, 0.25) is 0 Å². The van der Waals surface area contributed by atoms with Crippen LogP contribution in [0.3, 0.4) is 0 Å². The van der Waals surface area contributed by atoms with Crippen molar-refractivity contribution in [2.75, 3.05) is 7.05 Å². The quantitative estimate of drug-likeness (QED) is 0.890. The lowest BCUT2D eigenvalue weighted by Gasteiger charge is -2.22. The monoisotopic (exact) mass is 275 g/mol. The summed E-state index contributed by atoms with van der Waals surface area (Å²) in [6, 6.07) is 3.51. The zero-order valence-electron chi connectivity index (χ0n) is 13.0. The fraction of sp³-hybridized carbons (Fsp3) is 0.824. The maximum Gasteiger partial charge on any atom is 0.0640 e. The van der Waals surface area contributed by atoms with Crippen LogP contribution in [-0.4, -0.2) is 22.9 Å². The molecule has 2 saturated carbocycles. The molecule has 3 unspecified atom stereocenters. The van der Waals surface area contributed by atoms with Crippen molar-refractivity contribution in [2.45, 2.75) is 70.4 Å². The third-order valence-corrected chi connectivity index (χ3v) is 5.47. The highest BCUT2D eigenvalue weighted by molar-refractivity contribution is 5.04. The Morgan fingerprint density at radius 2 is 2.10 bits per heavy atom. The van der Waals surface area contributed by atoms with Crippen LogP contribution in [0.15, 0.2) is 12.3 Å². The van der Waals surface area contributed by atoms with E-state index in [-0.39, 0.29) is 0 Å². The number of rotatable bonds is 5. The van der Waals surface area contributed by atoms with Gasteiger partial charge in [-0.15, -0.1) is 0 Å². The third kappa shape index (κ3) is 3.08. The van der Waals surface area contributed by atoms with E-state index in [9.17, 15) is 0 Å². The molecule has 2 aliphatic carbocycles. The van der Waals surface area contributed by atoms with Gasteiger partial charge in [-0.1, -0.05) is 26.2 Å². The molecule has 1 aromatic heterocycles. The van der Waals surface area contributed by atoms with E-state index in [0.717, 1.165) is 18.3 Å². The molecule has 1 heterocycles. The summed E-state index contributed by atoms with van der Waals surface area (Å²) in [6.45, 7) is 2.39. The lowest BCUT2D eigenvalue weighted by molar-refractivity contribution is 0.362. The van der Waals surface area contributed by atoms with Crippen LogP contribution < -0.4 is 5.32 Å². The minimum atomic E-state index is 0.604. The van der Waals surface area contributed by atoms with Crippen molar-refractivity contribution in [1.82, 2.24) is 15.1 Å². The predicted molar refractivity (Wildman–Crippen MR) is 82.8 cm³/mol. The van der Waals surface area contributed by atoms with Crippen LogP contribution in [0.2, 0.25) is 0 Å². The van der Waals surface area contributed by atoms with Gasteiger partial charge in [-0.05, 0) is 50.6 Å². The molecule has 0 spiro atoms. The van der Waals surface area contributed by atoms with Gasteiger partial charge in [0.25, 0.3) is 0 Å². The van der Waals surface area contributed by atoms with Gasteiger partial charge in [0.15, 0.2) is 0 Å². The molecule has 0 aliphatic heterocycles. The molecule has 3 rings (SSSR count). The Hall–Kier alpha value is -0.830. The van der Waals surface area contributed by atoms with Crippen molar-refractivity contribution in [1.29, 1.82) is 0 Å². The van der Waals surface area contributed by atoms with Crippen LogP contribution in [0, 0.1) is 11.8 Å². The van der Waals surface area contributed by atoms with Crippen LogP contribution in [0.25, 0.3) is 0 Å². The first-order valence-corrected chi connectivity index (χ1v) is 8.47. The van der Waals surface area contributed by atoms with E-state index in [1.165, 1.54) is 50.6 Å². The summed E-state index contributed by atoms with van der Waals surface area (Å²) < 4.78 is 2.23. The second kappa shape index (κ2) is 6.30. The predicted octanol–water partition coefficient (Wildman–Crippen LogP) is 3.56. The molecular formula is C17H29N3. The van der Waals surface area contributed by atoms with E-state index in [2.05, 4.69) is 36.2 Å². The van der Waals surface area contributed by atoms with Crippen molar-refractivity contribution in [3.8, 4) is 0 Å². The second-order valence-corrected chi connectivity index (χ2v) is 7.00. The van der Waals surface area contributed by atoms with Crippen LogP contribution >= 0.6 is 0 Å². The Morgan fingerprint density at radius 3 is 2.75 bits per heavy atom. The zero-order chi connectivity index (χ0) is 13.9. The van der Waals surface area contributed by atoms with Crippen molar-refractivity contribution in [3.63, 3.8) is 0 Å². The SMILES string of the molecule is CNC(Cc1ccn(C2CCCC2)n1)C1CCC(C)C1. The molecule has 0 amide bonds. The van der Waals surface area contributed by atoms with E-state index in [4.69, 9.17) is 5.10 Å². The number of hydrogen-bond acceptors (Lipinski definition) is 2. The Kier molecular flexibility index (Phi) is 4.45. The summed E-state index contributed by atoms with van der Waals surface area (Å²) in [4.78, 5) is 0. The Bertz CT molecular complexity index is 420. The summed E-state index contributed by atoms with van der Waals surface area (Å²) in [6.07, 6.45) is 12.8. The molecule has 1 aromatic rings. The molecule has 20 heavy (non-hydrogen) atoms. The molecule has 1 N–H and O–H groups in total. The van der Waals surface area contributed by atoms with Crippen LogP contribution in [-0.2, 0) is 6.42 Å². The first-order chi connectivity index (χ1) is 9.76. The number of hydrogen-bond donors (Lipinski definition) is 1. The number of likely N-dealkylation sites (N-methyl/N-ethyl adjacent to an activating group) is 1. The summed E-state index contributed by atoms with van der Waals surface area (Å²) in [7, 11) is 2.11. The molecule has 0 saturated heterocycles. The molecule has 3 atom stereocenters. The average molecular weight is 275 g/mol. The lowest BCUT2D eigenvalue weighted by atomic mass is 9.93. The highest BCUT2D eigenvalue weighted by Gasteiger charge is 2.28. The van der Waals surface area contributed by atoms with Gasteiger partial charge in [-0.25, -0.2) is 0 Å². The van der Waals surface area contributed by atoms with Gasteiger partial charge in [0.1, 0.15) is 0 Å². The van der Waals surface area contributed by atoms with Crippen molar-refractivity contribution >= 4 is 0 Å². The van der Waals surface area contributed by atoms with Crippen molar-refractivity contribution < 1.29 is 0 Å². The van der Waals surface area contributed by atoms with E-state index in [1.54, 1.807) is 0 Å². The first kappa shape index (κ1) is 14.1. The van der Waals surface area contributed by atoms with Crippen LogP contribution in [0.4, 0.5) is 0 Å². The summed E-state index contributed by atoms with van der Waals surface area (Å²) in [5, 5.41) is 8.39. The Morgan fingerprint density at radius 1 is 1.30 bits per heavy atom. The fourth-order valence-corrected chi connectivity index (χ4v) is 4.20. The topological polar surface area (TPSA) is 29.9 Å². The van der Waals surface area contributed by atoms with Crippen LogP contribution in [0.5, 0.6) is 0 Å². The van der Waals surface area contributed by atoms with Gasteiger partial charge in [0.05, 0.1) is 11.7 Å². The minimum Gasteiger partial charge on any atom is -0.316 e. The maximum absolute atomic E-state index is 4.85. The van der Waals surface area contributed by atoms with Gasteiger partial charge >= 0.3 is 0 Å². The van der Waals surface area contributed by atoms with Crippen molar-refractivity contribution in [3.05, 3.63) is 18.0 Å². The van der Waals surface area contributed by atoms with E-state index in [0.29, 0.717) is 12.1 Å². The minimum absolute atomic E-state index is 0.604. The highest BCUT2D eigenvalue weighted by Crippen LogP contribution is 2.34. The summed E-state index contributed by atoms with van der Waals surface area (Å²) in [5.41, 5.74) is 1.27. The molecule has 112 valence electrons. The molecule has 0 aromatic carbocycles. The van der Waals surface area contributed by atoms with E-state index >= 15 is 0 Å². The second-order valence-electron chi connectivity index (χ2n) is 7.00. The molecule has 2 aliphatic rings. The third-order valence-electron chi connectivity index (χ3n) is 5.47. The molecule has 3 heteroatoms. The summed E-state index contributed by atoms with van der Waals surface area (Å²) in [5.74, 6) is 1.75. The highest BCUT2D eigenvalue weighted by atomic mass is 15.3. The van der Waals surface area contributed by atoms with Gasteiger partial charge in [-0.3, -0.25) is 4.68 Å². The molecular weight excluding hydrogens is 246 g/mol. The zero-order valence-corrected chi connectivity index (χ0v) is 13.0. The van der Waals surface area contributed by atoms with Gasteiger partial charge in [-0.2, -0.15) is 5.10 Å². The Labute approximate surface area is 123 Å². The lowest BCUT2D eigenvalue weighted by Crippen LogP contribution is -2.34. The van der Waals surface area contributed by atoms with E-state index < -0.39 is 0 Å². The molecule has 0 bridgehead atoms. The standard InChI is InChI=1S/C17H29N3/c1-13-7-8-14(11-13)17(18-2)12-15-9-10-20(19-15)16-5-3-4-6-16/h9-10,13-14,16-18H,3-8,11-12H2,1-2H3. The number of nitrogens with zero attached hydrogens (tertiary/aromatic N) is 2. The fourth-order valence-electron chi connectivity index (χ4n) is 4.20. The first-order valence-electron chi connectivity index (χ1n) is 8.47. The smallest absolute Gasteiger partial charge is 0.0640 e. The molecule has 3 nitrogen and oxygen atoms in total. The van der Waals surface area contributed by atoms with Crippen LogP contribution in [0.1, 0.15) is 63.6 Å². The Balaban J connectivity index is 1.61. The van der Waals surface area contributed by atoms with Gasteiger partial charge < -0.3 is 5.32 Å². The molecule has 0 radical (unpaired) electrons. The largest absolute Gasteiger partial charge is 0.316 e. The van der Waals surface area contributed by atoms with Crippen molar-refractivity contribution in [2.24, 2.45) is 11.8 Å². The number of nitrogens with one attached hydrogen (secondary N) is 1. The van der Waals surface area contributed by atoms with Gasteiger partial charge in [0, 0.05) is 18.7 Å². The normalized spacial score (nSPS) is 29.1. The summed E-state index contributed by atoms with van der Waals surface area (Å²) >= 11 is 0. The maximum atomic E-state index is 4.85. The average Bonchev–Trinajstić information content (AvgIpc) is 3.16. The number of aromatic nitrogens is 2. The molecule has 2 fully saturated rings.